The fourth-order valence-corrected chi connectivity index (χ4v) is 3.60. The van der Waals surface area contributed by atoms with E-state index in [-0.39, 0.29) is 0 Å². The Bertz CT molecular complexity index is 1140. The van der Waals surface area contributed by atoms with Gasteiger partial charge >= 0.3 is 0 Å². The zero-order valence-electron chi connectivity index (χ0n) is 18.0. The number of para-hydroxylation sites is 2. The molecule has 31 heavy (non-hydrogen) atoms. The summed E-state index contributed by atoms with van der Waals surface area (Å²) in [7, 11) is 0. The highest BCUT2D eigenvalue weighted by atomic mass is 15.2. The molecule has 0 radical (unpaired) electrons. The van der Waals surface area contributed by atoms with Crippen LogP contribution in [0.15, 0.2) is 59.9 Å². The van der Waals surface area contributed by atoms with E-state index < -0.39 is 0 Å². The molecule has 0 saturated heterocycles. The van der Waals surface area contributed by atoms with E-state index in [1.54, 1.807) is 0 Å². The number of hydrogen-bond acceptors (Lipinski definition) is 4. The maximum absolute atomic E-state index is 4.74. The fraction of sp³-hybridized carbons (Fsp3) is 0.304. The minimum atomic E-state index is 0.586. The van der Waals surface area contributed by atoms with Crippen LogP contribution in [0.25, 0.3) is 22.4 Å². The number of H-pyrrole nitrogens is 1. The Labute approximate surface area is 181 Å². The molecule has 2 aromatic heterocycles. The third-order valence-corrected chi connectivity index (χ3v) is 5.08. The highest BCUT2D eigenvalue weighted by Crippen LogP contribution is 2.16. The Kier molecular flexibility index (Phi) is 6.56. The van der Waals surface area contributed by atoms with Crippen molar-refractivity contribution in [3.05, 3.63) is 66.2 Å². The van der Waals surface area contributed by atoms with E-state index in [9.17, 15) is 0 Å². The van der Waals surface area contributed by atoms with E-state index in [1.807, 2.05) is 18.2 Å². The Hall–Kier alpha value is -3.68. The van der Waals surface area contributed by atoms with Crippen LogP contribution in [0.1, 0.15) is 24.7 Å². The summed E-state index contributed by atoms with van der Waals surface area (Å²) in [6.07, 6.45) is 2.49. The number of aryl methyl sites for hydroxylation is 2. The number of hydrogen-bond donors (Lipinski definition) is 3. The standard InChI is InChI=1S/C23H28N8/c1-3-24-23(26-15-18-8-6-9-19(14-18)22-27-16-28-30-22)25-12-7-13-31-17(2)29-20-10-4-5-11-21(20)31/h4-6,8-11,14,16H,3,7,12-13,15H2,1-2H3,(H2,24,25,26)(H,27,28,30). The fourth-order valence-electron chi connectivity index (χ4n) is 3.60. The van der Waals surface area contributed by atoms with Gasteiger partial charge in [-0.15, -0.1) is 0 Å². The van der Waals surface area contributed by atoms with Crippen LogP contribution in [0.4, 0.5) is 0 Å². The van der Waals surface area contributed by atoms with Gasteiger partial charge in [0.15, 0.2) is 11.8 Å². The molecule has 2 aromatic carbocycles. The Morgan fingerprint density at radius 1 is 1.13 bits per heavy atom. The van der Waals surface area contributed by atoms with Gasteiger partial charge in [0.25, 0.3) is 0 Å². The molecule has 4 rings (SSSR count). The molecule has 0 aliphatic heterocycles. The topological polar surface area (TPSA) is 95.8 Å². The Balaban J connectivity index is 1.34. The summed E-state index contributed by atoms with van der Waals surface area (Å²) < 4.78 is 2.27. The molecule has 0 unspecified atom stereocenters. The number of benzene rings is 2. The van der Waals surface area contributed by atoms with Crippen LogP contribution >= 0.6 is 0 Å². The van der Waals surface area contributed by atoms with Gasteiger partial charge in [0.2, 0.25) is 0 Å². The van der Waals surface area contributed by atoms with E-state index in [1.165, 1.54) is 11.8 Å². The first-order valence-corrected chi connectivity index (χ1v) is 10.6. The Morgan fingerprint density at radius 3 is 2.87 bits per heavy atom. The van der Waals surface area contributed by atoms with Gasteiger partial charge in [0.1, 0.15) is 12.2 Å². The second kappa shape index (κ2) is 9.88. The van der Waals surface area contributed by atoms with E-state index in [0.717, 1.165) is 60.3 Å². The van der Waals surface area contributed by atoms with Gasteiger partial charge in [-0.1, -0.05) is 30.3 Å². The number of imidazole rings is 1. The normalized spacial score (nSPS) is 11.7. The molecule has 2 heterocycles. The SMILES string of the molecule is CCNC(=NCc1cccc(-c2ncn[nH]2)c1)NCCCn1c(C)nc2ccccc21. The van der Waals surface area contributed by atoms with Crippen molar-refractivity contribution < 1.29 is 0 Å². The number of aromatic nitrogens is 5. The molecular formula is C23H28N8. The number of rotatable bonds is 8. The van der Waals surface area contributed by atoms with Crippen molar-refractivity contribution in [2.75, 3.05) is 13.1 Å². The summed E-state index contributed by atoms with van der Waals surface area (Å²) in [5.41, 5.74) is 4.36. The molecular weight excluding hydrogens is 388 g/mol. The average molecular weight is 417 g/mol. The summed E-state index contributed by atoms with van der Waals surface area (Å²) in [5.74, 6) is 2.63. The second-order valence-corrected chi connectivity index (χ2v) is 7.31. The number of aliphatic imine (C=N–C) groups is 1. The molecule has 0 aliphatic rings. The largest absolute Gasteiger partial charge is 0.357 e. The highest BCUT2D eigenvalue weighted by Gasteiger charge is 2.06. The van der Waals surface area contributed by atoms with E-state index in [4.69, 9.17) is 4.99 Å². The van der Waals surface area contributed by atoms with Gasteiger partial charge in [-0.05, 0) is 44.0 Å². The summed E-state index contributed by atoms with van der Waals surface area (Å²) >= 11 is 0. The molecule has 3 N–H and O–H groups in total. The lowest BCUT2D eigenvalue weighted by Crippen LogP contribution is -2.38. The van der Waals surface area contributed by atoms with Crippen LogP contribution < -0.4 is 10.6 Å². The smallest absolute Gasteiger partial charge is 0.191 e. The van der Waals surface area contributed by atoms with Gasteiger partial charge in [-0.3, -0.25) is 5.10 Å². The van der Waals surface area contributed by atoms with Gasteiger partial charge in [-0.2, -0.15) is 5.10 Å². The van der Waals surface area contributed by atoms with Crippen molar-refractivity contribution in [3.8, 4) is 11.4 Å². The van der Waals surface area contributed by atoms with Crippen molar-refractivity contribution in [2.24, 2.45) is 4.99 Å². The van der Waals surface area contributed by atoms with Crippen molar-refractivity contribution >= 4 is 17.0 Å². The lowest BCUT2D eigenvalue weighted by atomic mass is 10.1. The first kappa shape index (κ1) is 20.6. The molecule has 0 atom stereocenters. The molecule has 0 aliphatic carbocycles. The summed E-state index contributed by atoms with van der Waals surface area (Å²) in [4.78, 5) is 13.6. The molecule has 0 spiro atoms. The van der Waals surface area contributed by atoms with Crippen molar-refractivity contribution in [1.29, 1.82) is 0 Å². The molecule has 0 saturated carbocycles. The maximum atomic E-state index is 4.74. The molecule has 4 aromatic rings. The summed E-state index contributed by atoms with van der Waals surface area (Å²) in [5, 5.41) is 13.6. The first-order valence-electron chi connectivity index (χ1n) is 10.6. The van der Waals surface area contributed by atoms with Crippen LogP contribution in [0.3, 0.4) is 0 Å². The minimum Gasteiger partial charge on any atom is -0.357 e. The van der Waals surface area contributed by atoms with Gasteiger partial charge in [0.05, 0.1) is 17.6 Å². The second-order valence-electron chi connectivity index (χ2n) is 7.31. The summed E-state index contributed by atoms with van der Waals surface area (Å²) in [6.45, 7) is 7.28. The number of fused-ring (bicyclic) bond motifs is 1. The molecule has 0 bridgehead atoms. The van der Waals surface area contributed by atoms with E-state index in [0.29, 0.717) is 6.54 Å². The lowest BCUT2D eigenvalue weighted by Gasteiger charge is -2.12. The molecule has 0 fully saturated rings. The number of nitrogens with zero attached hydrogens (tertiary/aromatic N) is 5. The quantitative estimate of drug-likeness (QED) is 0.233. The monoisotopic (exact) mass is 416 g/mol. The van der Waals surface area contributed by atoms with E-state index in [2.05, 4.69) is 79.5 Å². The van der Waals surface area contributed by atoms with Crippen LogP contribution in [0, 0.1) is 6.92 Å². The number of nitrogens with one attached hydrogen (secondary N) is 3. The zero-order valence-corrected chi connectivity index (χ0v) is 18.0. The molecule has 8 nitrogen and oxygen atoms in total. The highest BCUT2D eigenvalue weighted by molar-refractivity contribution is 5.79. The van der Waals surface area contributed by atoms with Crippen molar-refractivity contribution in [2.45, 2.75) is 33.4 Å². The number of aromatic amines is 1. The van der Waals surface area contributed by atoms with Crippen molar-refractivity contribution in [1.82, 2.24) is 35.4 Å². The van der Waals surface area contributed by atoms with Crippen LogP contribution in [0.5, 0.6) is 0 Å². The van der Waals surface area contributed by atoms with Gasteiger partial charge < -0.3 is 15.2 Å². The predicted molar refractivity (Wildman–Crippen MR) is 124 cm³/mol. The first-order chi connectivity index (χ1) is 15.2. The summed E-state index contributed by atoms with van der Waals surface area (Å²) in [6, 6.07) is 16.5. The third-order valence-electron chi connectivity index (χ3n) is 5.08. The van der Waals surface area contributed by atoms with Crippen LogP contribution in [0.2, 0.25) is 0 Å². The molecule has 160 valence electrons. The maximum Gasteiger partial charge on any atom is 0.191 e. The molecule has 8 heteroatoms. The van der Waals surface area contributed by atoms with Gasteiger partial charge in [0, 0.05) is 25.2 Å². The minimum absolute atomic E-state index is 0.586. The molecule has 0 amide bonds. The van der Waals surface area contributed by atoms with Crippen LogP contribution in [-0.4, -0.2) is 43.8 Å². The third kappa shape index (κ3) is 5.09. The Morgan fingerprint density at radius 2 is 2.03 bits per heavy atom. The van der Waals surface area contributed by atoms with Gasteiger partial charge in [-0.25, -0.2) is 15.0 Å². The zero-order chi connectivity index (χ0) is 21.5. The lowest BCUT2D eigenvalue weighted by molar-refractivity contribution is 0.624. The predicted octanol–water partition coefficient (Wildman–Crippen LogP) is 3.28. The van der Waals surface area contributed by atoms with Crippen molar-refractivity contribution in [3.63, 3.8) is 0 Å². The number of guanidine groups is 1. The average Bonchev–Trinajstić information content (AvgIpc) is 3.43. The van der Waals surface area contributed by atoms with Crippen LogP contribution in [-0.2, 0) is 13.1 Å². The van der Waals surface area contributed by atoms with E-state index >= 15 is 0 Å².